The molecule has 0 atom stereocenters. The molecule has 5 nitrogen and oxygen atoms in total. The Kier molecular flexibility index (Phi) is 4.35. The summed E-state index contributed by atoms with van der Waals surface area (Å²) in [6.07, 6.45) is 2.75. The van der Waals surface area contributed by atoms with Gasteiger partial charge in [-0.15, -0.1) is 11.3 Å². The van der Waals surface area contributed by atoms with Crippen molar-refractivity contribution in [3.8, 4) is 0 Å². The van der Waals surface area contributed by atoms with Crippen molar-refractivity contribution in [2.75, 3.05) is 6.54 Å². The van der Waals surface area contributed by atoms with Crippen molar-refractivity contribution < 1.29 is 14.0 Å². The smallest absolute Gasteiger partial charge is 0.254 e. The van der Waals surface area contributed by atoms with E-state index in [0.29, 0.717) is 12.1 Å². The number of hydrogen-bond donors (Lipinski definition) is 2. The molecule has 2 aromatic rings. The lowest BCUT2D eigenvalue weighted by molar-refractivity contribution is -0.120. The molecule has 2 heterocycles. The van der Waals surface area contributed by atoms with Crippen molar-refractivity contribution in [2.24, 2.45) is 0 Å². The molecule has 2 aromatic heterocycles. The SMILES string of the molecule is Cc1ccsc1CNC(=O)CNC(=O)c1ccoc1. The van der Waals surface area contributed by atoms with E-state index in [1.165, 1.54) is 12.5 Å². The minimum Gasteiger partial charge on any atom is -0.472 e. The minimum absolute atomic E-state index is 0.0472. The molecule has 0 radical (unpaired) electrons. The number of carbonyl (C=O) groups is 2. The quantitative estimate of drug-likeness (QED) is 0.874. The molecule has 0 saturated carbocycles. The van der Waals surface area contributed by atoms with Crippen LogP contribution < -0.4 is 10.6 Å². The lowest BCUT2D eigenvalue weighted by Gasteiger charge is -2.05. The zero-order valence-electron chi connectivity index (χ0n) is 10.4. The van der Waals surface area contributed by atoms with Crippen LogP contribution in [0.25, 0.3) is 0 Å². The first-order chi connectivity index (χ1) is 9.16. The van der Waals surface area contributed by atoms with Crippen LogP contribution in [0, 0.1) is 6.92 Å². The van der Waals surface area contributed by atoms with Crippen LogP contribution in [0.5, 0.6) is 0 Å². The van der Waals surface area contributed by atoms with Gasteiger partial charge < -0.3 is 15.1 Å². The van der Waals surface area contributed by atoms with E-state index in [1.807, 2.05) is 18.4 Å². The van der Waals surface area contributed by atoms with Gasteiger partial charge in [0.1, 0.15) is 6.26 Å². The molecule has 2 N–H and O–H groups in total. The van der Waals surface area contributed by atoms with Crippen LogP contribution >= 0.6 is 11.3 Å². The molecule has 0 aliphatic rings. The monoisotopic (exact) mass is 278 g/mol. The Bertz CT molecular complexity index is 560. The van der Waals surface area contributed by atoms with Gasteiger partial charge in [-0.3, -0.25) is 9.59 Å². The van der Waals surface area contributed by atoms with Gasteiger partial charge >= 0.3 is 0 Å². The molecular formula is C13H14N2O3S. The van der Waals surface area contributed by atoms with Gasteiger partial charge in [-0.1, -0.05) is 0 Å². The standard InChI is InChI=1S/C13H14N2O3S/c1-9-3-5-19-11(9)6-14-12(16)7-15-13(17)10-2-4-18-8-10/h2-5,8H,6-7H2,1H3,(H,14,16)(H,15,17). The van der Waals surface area contributed by atoms with E-state index in [2.05, 4.69) is 10.6 Å². The number of amides is 2. The van der Waals surface area contributed by atoms with E-state index >= 15 is 0 Å². The molecule has 19 heavy (non-hydrogen) atoms. The second-order valence-electron chi connectivity index (χ2n) is 4.00. The fourth-order valence-electron chi connectivity index (χ4n) is 1.48. The second kappa shape index (κ2) is 6.19. The summed E-state index contributed by atoms with van der Waals surface area (Å²) in [4.78, 5) is 24.2. The van der Waals surface area contributed by atoms with Gasteiger partial charge in [0.2, 0.25) is 5.91 Å². The Labute approximate surface area is 114 Å². The third-order valence-electron chi connectivity index (χ3n) is 2.61. The summed E-state index contributed by atoms with van der Waals surface area (Å²) in [7, 11) is 0. The number of aryl methyl sites for hydroxylation is 1. The lowest BCUT2D eigenvalue weighted by atomic mass is 10.3. The zero-order valence-corrected chi connectivity index (χ0v) is 11.3. The third kappa shape index (κ3) is 3.69. The molecule has 0 aromatic carbocycles. The van der Waals surface area contributed by atoms with E-state index in [1.54, 1.807) is 17.4 Å². The van der Waals surface area contributed by atoms with Crippen molar-refractivity contribution in [3.63, 3.8) is 0 Å². The predicted octanol–water partition coefficient (Wildman–Crippen LogP) is 1.70. The molecule has 0 aliphatic heterocycles. The molecule has 0 unspecified atom stereocenters. The molecule has 0 saturated heterocycles. The maximum absolute atomic E-state index is 11.6. The number of carbonyl (C=O) groups excluding carboxylic acids is 2. The summed E-state index contributed by atoms with van der Waals surface area (Å²) < 4.78 is 4.79. The van der Waals surface area contributed by atoms with Gasteiger partial charge in [0.05, 0.1) is 24.9 Å². The maximum atomic E-state index is 11.6. The van der Waals surface area contributed by atoms with Crippen molar-refractivity contribution in [2.45, 2.75) is 13.5 Å². The van der Waals surface area contributed by atoms with E-state index in [9.17, 15) is 9.59 Å². The molecule has 0 bridgehead atoms. The van der Waals surface area contributed by atoms with Gasteiger partial charge in [-0.05, 0) is 30.0 Å². The van der Waals surface area contributed by atoms with Crippen LogP contribution in [0.1, 0.15) is 20.8 Å². The van der Waals surface area contributed by atoms with Crippen LogP contribution in [0.2, 0.25) is 0 Å². The molecule has 2 amide bonds. The van der Waals surface area contributed by atoms with Gasteiger partial charge in [0.15, 0.2) is 0 Å². The molecule has 6 heteroatoms. The normalized spacial score (nSPS) is 10.2. The third-order valence-corrected chi connectivity index (χ3v) is 3.63. The van der Waals surface area contributed by atoms with Crippen molar-refractivity contribution in [1.82, 2.24) is 10.6 Å². The molecule has 0 spiro atoms. The van der Waals surface area contributed by atoms with E-state index < -0.39 is 0 Å². The van der Waals surface area contributed by atoms with Crippen LogP contribution in [0.4, 0.5) is 0 Å². The summed E-state index contributed by atoms with van der Waals surface area (Å²) in [6.45, 7) is 2.44. The van der Waals surface area contributed by atoms with Crippen molar-refractivity contribution in [3.05, 3.63) is 46.0 Å². The number of nitrogens with one attached hydrogen (secondary N) is 2. The fraction of sp³-hybridized carbons (Fsp3) is 0.231. The molecule has 0 aliphatic carbocycles. The summed E-state index contributed by atoms with van der Waals surface area (Å²) >= 11 is 1.60. The van der Waals surface area contributed by atoms with E-state index in [0.717, 1.165) is 10.4 Å². The zero-order chi connectivity index (χ0) is 13.7. The van der Waals surface area contributed by atoms with E-state index in [4.69, 9.17) is 4.42 Å². The first-order valence-electron chi connectivity index (χ1n) is 5.77. The minimum atomic E-state index is -0.323. The average molecular weight is 278 g/mol. The second-order valence-corrected chi connectivity index (χ2v) is 5.00. The summed E-state index contributed by atoms with van der Waals surface area (Å²) in [5.74, 6) is -0.541. The average Bonchev–Trinajstić information content (AvgIpc) is 3.05. The lowest BCUT2D eigenvalue weighted by Crippen LogP contribution is -2.36. The Morgan fingerprint density at radius 3 is 2.79 bits per heavy atom. The maximum Gasteiger partial charge on any atom is 0.254 e. The van der Waals surface area contributed by atoms with Crippen molar-refractivity contribution >= 4 is 23.2 Å². The molecule has 100 valence electrons. The highest BCUT2D eigenvalue weighted by Crippen LogP contribution is 2.14. The Morgan fingerprint density at radius 2 is 2.16 bits per heavy atom. The first-order valence-corrected chi connectivity index (χ1v) is 6.65. The predicted molar refractivity (Wildman–Crippen MR) is 71.9 cm³/mol. The highest BCUT2D eigenvalue weighted by Gasteiger charge is 2.09. The van der Waals surface area contributed by atoms with Crippen LogP contribution in [-0.4, -0.2) is 18.4 Å². The summed E-state index contributed by atoms with van der Waals surface area (Å²) in [5, 5.41) is 7.27. The fourth-order valence-corrected chi connectivity index (χ4v) is 2.33. The number of thiophene rings is 1. The van der Waals surface area contributed by atoms with Gasteiger partial charge in [0.25, 0.3) is 5.91 Å². The number of furan rings is 1. The summed E-state index contributed by atoms with van der Waals surface area (Å²) in [5.41, 5.74) is 1.56. The molecule has 0 fully saturated rings. The largest absolute Gasteiger partial charge is 0.472 e. The first kappa shape index (κ1) is 13.4. The Hall–Kier alpha value is -2.08. The van der Waals surface area contributed by atoms with Crippen LogP contribution in [0.15, 0.2) is 34.5 Å². The number of rotatable bonds is 5. The molecule has 2 rings (SSSR count). The highest BCUT2D eigenvalue weighted by molar-refractivity contribution is 7.10. The Balaban J connectivity index is 1.73. The van der Waals surface area contributed by atoms with Gasteiger partial charge in [-0.2, -0.15) is 0 Å². The van der Waals surface area contributed by atoms with Crippen LogP contribution in [0.3, 0.4) is 0 Å². The summed E-state index contributed by atoms with van der Waals surface area (Å²) in [6, 6.07) is 3.55. The van der Waals surface area contributed by atoms with Gasteiger partial charge in [-0.25, -0.2) is 0 Å². The number of hydrogen-bond acceptors (Lipinski definition) is 4. The topological polar surface area (TPSA) is 71.3 Å². The Morgan fingerprint density at radius 1 is 1.32 bits per heavy atom. The highest BCUT2D eigenvalue weighted by atomic mass is 32.1. The van der Waals surface area contributed by atoms with Crippen molar-refractivity contribution in [1.29, 1.82) is 0 Å². The van der Waals surface area contributed by atoms with E-state index in [-0.39, 0.29) is 18.4 Å². The van der Waals surface area contributed by atoms with Crippen LogP contribution in [-0.2, 0) is 11.3 Å². The molecular weight excluding hydrogens is 264 g/mol. The van der Waals surface area contributed by atoms with Gasteiger partial charge in [0, 0.05) is 4.88 Å².